The molecular weight excluding hydrogens is 294 g/mol. The number of aliphatic hydroxyl groups is 1. The van der Waals surface area contributed by atoms with E-state index < -0.39 is 6.10 Å². The maximum Gasteiger partial charge on any atom is 0.0989 e. The smallest absolute Gasteiger partial charge is 0.0989 e. The van der Waals surface area contributed by atoms with E-state index in [9.17, 15) is 5.11 Å². The predicted octanol–water partition coefficient (Wildman–Crippen LogP) is 3.23. The van der Waals surface area contributed by atoms with Crippen LogP contribution >= 0.6 is 15.9 Å². The summed E-state index contributed by atoms with van der Waals surface area (Å²) in [5.41, 5.74) is 0.860. The minimum atomic E-state index is -0.459. The van der Waals surface area contributed by atoms with E-state index in [-0.39, 0.29) is 11.5 Å². The second-order valence-corrected chi connectivity index (χ2v) is 6.40. The molecule has 2 aliphatic rings. The number of hydrogen-bond acceptors (Lipinski definition) is 3. The Labute approximate surface area is 116 Å². The molecular formula is C14H18BrNO2. The van der Waals surface area contributed by atoms with Crippen molar-refractivity contribution >= 4 is 15.9 Å². The molecule has 2 atom stereocenters. The molecule has 1 spiro atoms. The minimum absolute atomic E-state index is 0.0826. The SMILES string of the molecule is OC(c1ccc(Br)cn1)C1CCOC2(CCC2)C1. The highest BCUT2D eigenvalue weighted by Gasteiger charge is 2.44. The molecule has 4 heteroatoms. The fraction of sp³-hybridized carbons (Fsp3) is 0.643. The molecule has 0 bridgehead atoms. The fourth-order valence-electron chi connectivity index (χ4n) is 3.06. The van der Waals surface area contributed by atoms with Crippen molar-refractivity contribution in [3.63, 3.8) is 0 Å². The molecule has 98 valence electrons. The lowest BCUT2D eigenvalue weighted by Crippen LogP contribution is -2.46. The van der Waals surface area contributed by atoms with Gasteiger partial charge in [-0.2, -0.15) is 0 Å². The molecule has 0 amide bonds. The summed E-state index contributed by atoms with van der Waals surface area (Å²) < 4.78 is 6.84. The van der Waals surface area contributed by atoms with Gasteiger partial charge in [-0.05, 0) is 66.1 Å². The van der Waals surface area contributed by atoms with E-state index in [1.165, 1.54) is 6.42 Å². The van der Waals surface area contributed by atoms with E-state index in [4.69, 9.17) is 4.74 Å². The third-order valence-electron chi connectivity index (χ3n) is 4.30. The van der Waals surface area contributed by atoms with E-state index in [2.05, 4.69) is 20.9 Å². The van der Waals surface area contributed by atoms with Gasteiger partial charge in [0, 0.05) is 17.3 Å². The molecule has 1 aliphatic heterocycles. The van der Waals surface area contributed by atoms with Crippen LogP contribution in [0.4, 0.5) is 0 Å². The van der Waals surface area contributed by atoms with Crippen LogP contribution in [-0.2, 0) is 4.74 Å². The first-order chi connectivity index (χ1) is 8.69. The van der Waals surface area contributed by atoms with E-state index in [1.807, 2.05) is 12.1 Å². The van der Waals surface area contributed by atoms with Crippen LogP contribution in [0.15, 0.2) is 22.8 Å². The van der Waals surface area contributed by atoms with E-state index in [0.717, 1.165) is 42.5 Å². The van der Waals surface area contributed by atoms with E-state index >= 15 is 0 Å². The predicted molar refractivity (Wildman–Crippen MR) is 72.2 cm³/mol. The summed E-state index contributed by atoms with van der Waals surface area (Å²) >= 11 is 3.36. The molecule has 2 heterocycles. The van der Waals surface area contributed by atoms with Crippen LogP contribution < -0.4 is 0 Å². The Morgan fingerprint density at radius 2 is 2.28 bits per heavy atom. The Bertz CT molecular complexity index is 416. The van der Waals surface area contributed by atoms with Crippen LogP contribution in [-0.4, -0.2) is 22.3 Å². The molecule has 1 aromatic rings. The Balaban J connectivity index is 1.71. The Morgan fingerprint density at radius 3 is 2.89 bits per heavy atom. The molecule has 3 rings (SSSR count). The number of rotatable bonds is 2. The van der Waals surface area contributed by atoms with Gasteiger partial charge in [0.25, 0.3) is 0 Å². The zero-order valence-electron chi connectivity index (χ0n) is 10.3. The van der Waals surface area contributed by atoms with Crippen LogP contribution in [0.25, 0.3) is 0 Å². The van der Waals surface area contributed by atoms with Crippen molar-refractivity contribution in [2.45, 2.75) is 43.8 Å². The quantitative estimate of drug-likeness (QED) is 0.912. The van der Waals surface area contributed by atoms with Gasteiger partial charge in [0.2, 0.25) is 0 Å². The van der Waals surface area contributed by atoms with Gasteiger partial charge in [0.05, 0.1) is 17.4 Å². The van der Waals surface area contributed by atoms with Gasteiger partial charge in [0.15, 0.2) is 0 Å². The molecule has 18 heavy (non-hydrogen) atoms. The van der Waals surface area contributed by atoms with E-state index in [1.54, 1.807) is 6.20 Å². The van der Waals surface area contributed by atoms with Crippen LogP contribution in [0.2, 0.25) is 0 Å². The second-order valence-electron chi connectivity index (χ2n) is 5.48. The zero-order valence-corrected chi connectivity index (χ0v) is 11.9. The van der Waals surface area contributed by atoms with Gasteiger partial charge in [-0.3, -0.25) is 4.98 Å². The van der Waals surface area contributed by atoms with Gasteiger partial charge in [-0.1, -0.05) is 0 Å². The highest BCUT2D eigenvalue weighted by molar-refractivity contribution is 9.10. The summed E-state index contributed by atoms with van der Waals surface area (Å²) in [6.45, 7) is 0.776. The fourth-order valence-corrected chi connectivity index (χ4v) is 3.29. The number of ether oxygens (including phenoxy) is 1. The Hall–Kier alpha value is -0.450. The average molecular weight is 312 g/mol. The van der Waals surface area contributed by atoms with Crippen molar-refractivity contribution in [1.82, 2.24) is 4.98 Å². The molecule has 1 N–H and O–H groups in total. The summed E-state index contributed by atoms with van der Waals surface area (Å²) in [6.07, 6.45) is 6.77. The molecule has 1 aliphatic carbocycles. The van der Waals surface area contributed by atoms with Crippen molar-refractivity contribution in [3.8, 4) is 0 Å². The first kappa shape index (κ1) is 12.6. The number of aromatic nitrogens is 1. The number of hydrogen-bond donors (Lipinski definition) is 1. The molecule has 2 fully saturated rings. The second kappa shape index (κ2) is 4.91. The maximum atomic E-state index is 10.5. The molecule has 3 nitrogen and oxygen atoms in total. The lowest BCUT2D eigenvalue weighted by Gasteiger charge is -2.48. The number of halogens is 1. The maximum absolute atomic E-state index is 10.5. The van der Waals surface area contributed by atoms with Gasteiger partial charge in [0.1, 0.15) is 0 Å². The molecule has 2 unspecified atom stereocenters. The normalized spacial score (nSPS) is 27.8. The summed E-state index contributed by atoms with van der Waals surface area (Å²) in [7, 11) is 0. The Morgan fingerprint density at radius 1 is 1.44 bits per heavy atom. The van der Waals surface area contributed by atoms with Crippen molar-refractivity contribution < 1.29 is 9.84 Å². The van der Waals surface area contributed by atoms with Gasteiger partial charge in [-0.25, -0.2) is 0 Å². The lowest BCUT2D eigenvalue weighted by molar-refractivity contribution is -0.157. The molecule has 1 saturated heterocycles. The largest absolute Gasteiger partial charge is 0.387 e. The summed E-state index contributed by atoms with van der Waals surface area (Å²) in [4.78, 5) is 4.31. The first-order valence-electron chi connectivity index (χ1n) is 6.62. The van der Waals surface area contributed by atoms with Crippen molar-refractivity contribution in [3.05, 3.63) is 28.5 Å². The minimum Gasteiger partial charge on any atom is -0.387 e. The van der Waals surface area contributed by atoms with Crippen molar-refractivity contribution in [2.75, 3.05) is 6.61 Å². The van der Waals surface area contributed by atoms with Crippen molar-refractivity contribution in [1.29, 1.82) is 0 Å². The zero-order chi connectivity index (χ0) is 12.6. The lowest BCUT2D eigenvalue weighted by atomic mass is 9.70. The molecule has 0 radical (unpaired) electrons. The third kappa shape index (κ3) is 2.33. The van der Waals surface area contributed by atoms with Crippen molar-refractivity contribution in [2.24, 2.45) is 5.92 Å². The van der Waals surface area contributed by atoms with E-state index in [0.29, 0.717) is 0 Å². The highest BCUT2D eigenvalue weighted by atomic mass is 79.9. The summed E-state index contributed by atoms with van der Waals surface area (Å²) in [5, 5.41) is 10.5. The van der Waals surface area contributed by atoms with Crippen LogP contribution in [0.1, 0.15) is 43.9 Å². The molecule has 1 saturated carbocycles. The van der Waals surface area contributed by atoms with Gasteiger partial charge >= 0.3 is 0 Å². The summed E-state index contributed by atoms with van der Waals surface area (Å²) in [6, 6.07) is 3.83. The topological polar surface area (TPSA) is 42.4 Å². The van der Waals surface area contributed by atoms with Gasteiger partial charge < -0.3 is 9.84 Å². The van der Waals surface area contributed by atoms with Gasteiger partial charge in [-0.15, -0.1) is 0 Å². The van der Waals surface area contributed by atoms with Crippen LogP contribution in [0, 0.1) is 5.92 Å². The standard InChI is InChI=1S/C14H18BrNO2/c15-11-2-3-12(16-9-11)13(17)10-4-7-18-14(8-10)5-1-6-14/h2-3,9-10,13,17H,1,4-8H2. The monoisotopic (exact) mass is 311 g/mol. The molecule has 0 aromatic carbocycles. The number of nitrogens with zero attached hydrogens (tertiary/aromatic N) is 1. The first-order valence-corrected chi connectivity index (χ1v) is 7.41. The van der Waals surface area contributed by atoms with Crippen LogP contribution in [0.3, 0.4) is 0 Å². The summed E-state index contributed by atoms with van der Waals surface area (Å²) in [5.74, 6) is 0.285. The Kier molecular flexibility index (Phi) is 3.43. The third-order valence-corrected chi connectivity index (χ3v) is 4.76. The average Bonchev–Trinajstić information content (AvgIpc) is 2.37. The number of aliphatic hydroxyl groups excluding tert-OH is 1. The van der Waals surface area contributed by atoms with Crippen LogP contribution in [0.5, 0.6) is 0 Å². The number of pyridine rings is 1. The molecule has 1 aromatic heterocycles. The highest BCUT2D eigenvalue weighted by Crippen LogP contribution is 2.46.